The summed E-state index contributed by atoms with van der Waals surface area (Å²) < 4.78 is 0. The Hall–Kier alpha value is -0.590. The van der Waals surface area contributed by atoms with E-state index in [4.69, 9.17) is 5.26 Å². The first-order valence-electron chi connectivity index (χ1n) is 4.96. The van der Waals surface area contributed by atoms with Crippen molar-refractivity contribution in [3.63, 3.8) is 0 Å². The molecule has 1 N–H and O–H groups in total. The lowest BCUT2D eigenvalue weighted by atomic mass is 9.87. The summed E-state index contributed by atoms with van der Waals surface area (Å²) in [4.78, 5) is 2.06. The summed E-state index contributed by atoms with van der Waals surface area (Å²) in [5, 5.41) is 17.8. The summed E-state index contributed by atoms with van der Waals surface area (Å²) >= 11 is 0. The first-order chi connectivity index (χ1) is 6.22. The molecule has 1 fully saturated rings. The molecule has 3 heteroatoms. The second-order valence-corrected chi connectivity index (χ2v) is 4.03. The summed E-state index contributed by atoms with van der Waals surface area (Å²) in [6, 6.07) is 2.14. The van der Waals surface area contributed by atoms with E-state index in [1.165, 1.54) is 0 Å². The van der Waals surface area contributed by atoms with Gasteiger partial charge in [-0.15, -0.1) is 0 Å². The Morgan fingerprint density at radius 1 is 1.38 bits per heavy atom. The topological polar surface area (TPSA) is 47.3 Å². The summed E-state index contributed by atoms with van der Waals surface area (Å²) in [7, 11) is 1.98. The van der Waals surface area contributed by atoms with E-state index in [1.807, 2.05) is 7.05 Å². The van der Waals surface area contributed by atoms with E-state index in [0.717, 1.165) is 32.2 Å². The molecule has 0 saturated heterocycles. The molecular formula is C10H18N2O. The Morgan fingerprint density at radius 3 is 2.54 bits per heavy atom. The van der Waals surface area contributed by atoms with Gasteiger partial charge in [0.2, 0.25) is 0 Å². The normalized spacial score (nSPS) is 28.8. The van der Waals surface area contributed by atoms with Crippen molar-refractivity contribution in [3.05, 3.63) is 0 Å². The number of hydrogen-bond donors (Lipinski definition) is 1. The van der Waals surface area contributed by atoms with Gasteiger partial charge in [0.25, 0.3) is 0 Å². The highest BCUT2D eigenvalue weighted by molar-refractivity contribution is 4.78. The van der Waals surface area contributed by atoms with Crippen LogP contribution < -0.4 is 0 Å². The Bertz CT molecular complexity index is 180. The van der Waals surface area contributed by atoms with Crippen molar-refractivity contribution >= 4 is 0 Å². The lowest BCUT2D eigenvalue weighted by Gasteiger charge is -2.28. The highest BCUT2D eigenvalue weighted by atomic mass is 16.3. The molecule has 3 nitrogen and oxygen atoms in total. The highest BCUT2D eigenvalue weighted by Crippen LogP contribution is 2.24. The van der Waals surface area contributed by atoms with Crippen LogP contribution in [-0.4, -0.2) is 36.2 Å². The van der Waals surface area contributed by atoms with Crippen LogP contribution in [0, 0.1) is 17.2 Å². The van der Waals surface area contributed by atoms with Gasteiger partial charge >= 0.3 is 0 Å². The predicted molar refractivity (Wildman–Crippen MR) is 51.1 cm³/mol. The van der Waals surface area contributed by atoms with E-state index in [9.17, 15) is 5.11 Å². The molecule has 1 saturated carbocycles. The van der Waals surface area contributed by atoms with E-state index >= 15 is 0 Å². The fourth-order valence-corrected chi connectivity index (χ4v) is 1.95. The number of aliphatic hydroxyl groups is 1. The second kappa shape index (κ2) is 5.21. The molecule has 0 unspecified atom stereocenters. The Kier molecular flexibility index (Phi) is 4.20. The van der Waals surface area contributed by atoms with Crippen LogP contribution >= 0.6 is 0 Å². The quantitative estimate of drug-likeness (QED) is 0.662. The van der Waals surface area contributed by atoms with Crippen molar-refractivity contribution < 1.29 is 5.11 Å². The van der Waals surface area contributed by atoms with Gasteiger partial charge in [-0.25, -0.2) is 0 Å². The Balaban J connectivity index is 2.19. The highest BCUT2D eigenvalue weighted by Gasteiger charge is 2.20. The van der Waals surface area contributed by atoms with Crippen molar-refractivity contribution in [2.24, 2.45) is 5.92 Å². The lowest BCUT2D eigenvalue weighted by molar-refractivity contribution is 0.0992. The number of nitrogens with zero attached hydrogens (tertiary/aromatic N) is 2. The number of aliphatic hydroxyl groups excluding tert-OH is 1. The fourth-order valence-electron chi connectivity index (χ4n) is 1.95. The largest absolute Gasteiger partial charge is 0.393 e. The summed E-state index contributed by atoms with van der Waals surface area (Å²) in [5.41, 5.74) is 0. The molecule has 0 aromatic rings. The zero-order valence-electron chi connectivity index (χ0n) is 8.24. The van der Waals surface area contributed by atoms with Gasteiger partial charge in [0.1, 0.15) is 0 Å². The van der Waals surface area contributed by atoms with Crippen molar-refractivity contribution in [1.29, 1.82) is 5.26 Å². The van der Waals surface area contributed by atoms with Crippen LogP contribution in [0.1, 0.15) is 25.7 Å². The van der Waals surface area contributed by atoms with Crippen LogP contribution in [0.3, 0.4) is 0 Å². The number of hydrogen-bond acceptors (Lipinski definition) is 3. The molecule has 0 aromatic heterocycles. The van der Waals surface area contributed by atoms with Gasteiger partial charge in [0.15, 0.2) is 0 Å². The van der Waals surface area contributed by atoms with Crippen molar-refractivity contribution in [3.8, 4) is 6.07 Å². The van der Waals surface area contributed by atoms with Crippen LogP contribution in [0.15, 0.2) is 0 Å². The first kappa shape index (κ1) is 10.5. The average Bonchev–Trinajstić information content (AvgIpc) is 2.09. The van der Waals surface area contributed by atoms with Crippen LogP contribution in [-0.2, 0) is 0 Å². The molecule has 0 radical (unpaired) electrons. The standard InChI is InChI=1S/C10H18N2O/c1-12(7-6-11)8-9-2-4-10(13)5-3-9/h9-10,13H,2-5,7-8H2,1H3. The fraction of sp³-hybridized carbons (Fsp3) is 0.900. The van der Waals surface area contributed by atoms with Gasteiger partial charge in [0, 0.05) is 6.54 Å². The van der Waals surface area contributed by atoms with Gasteiger partial charge in [0.05, 0.1) is 18.7 Å². The van der Waals surface area contributed by atoms with Crippen LogP contribution in [0.25, 0.3) is 0 Å². The monoisotopic (exact) mass is 182 g/mol. The number of rotatable bonds is 3. The first-order valence-corrected chi connectivity index (χ1v) is 4.96. The Labute approximate surface area is 80.0 Å². The van der Waals surface area contributed by atoms with E-state index < -0.39 is 0 Å². The molecule has 1 rings (SSSR count). The van der Waals surface area contributed by atoms with Crippen LogP contribution in [0.4, 0.5) is 0 Å². The molecule has 1 aliphatic carbocycles. The van der Waals surface area contributed by atoms with Crippen molar-refractivity contribution in [2.45, 2.75) is 31.8 Å². The van der Waals surface area contributed by atoms with Gasteiger partial charge in [-0.05, 0) is 38.6 Å². The zero-order valence-corrected chi connectivity index (χ0v) is 8.24. The smallest absolute Gasteiger partial charge is 0.0863 e. The maximum atomic E-state index is 9.30. The maximum absolute atomic E-state index is 9.30. The van der Waals surface area contributed by atoms with Crippen molar-refractivity contribution in [2.75, 3.05) is 20.1 Å². The molecule has 0 aromatic carbocycles. The second-order valence-electron chi connectivity index (χ2n) is 4.03. The lowest BCUT2D eigenvalue weighted by Crippen LogP contribution is -2.29. The molecule has 0 aliphatic heterocycles. The van der Waals surface area contributed by atoms with E-state index in [2.05, 4.69) is 11.0 Å². The van der Waals surface area contributed by atoms with E-state index in [-0.39, 0.29) is 6.10 Å². The third-order valence-electron chi connectivity index (χ3n) is 2.73. The van der Waals surface area contributed by atoms with E-state index in [0.29, 0.717) is 12.5 Å². The van der Waals surface area contributed by atoms with Gasteiger partial charge in [-0.2, -0.15) is 5.26 Å². The average molecular weight is 182 g/mol. The molecule has 0 heterocycles. The predicted octanol–water partition coefficient (Wildman–Crippen LogP) is 0.993. The molecule has 0 bridgehead atoms. The van der Waals surface area contributed by atoms with Gasteiger partial charge < -0.3 is 5.11 Å². The molecule has 0 spiro atoms. The number of nitriles is 1. The summed E-state index contributed by atoms with van der Waals surface area (Å²) in [6.07, 6.45) is 4.02. The zero-order chi connectivity index (χ0) is 9.68. The molecule has 1 aliphatic rings. The minimum absolute atomic E-state index is 0.0717. The maximum Gasteiger partial charge on any atom is 0.0863 e. The molecule has 74 valence electrons. The van der Waals surface area contributed by atoms with Gasteiger partial charge in [-0.1, -0.05) is 0 Å². The SMILES string of the molecule is CN(CC#N)CC1CCC(O)CC1. The van der Waals surface area contributed by atoms with Crippen LogP contribution in [0.5, 0.6) is 0 Å². The third kappa shape index (κ3) is 3.75. The minimum Gasteiger partial charge on any atom is -0.393 e. The summed E-state index contributed by atoms with van der Waals surface area (Å²) in [5.74, 6) is 0.682. The van der Waals surface area contributed by atoms with Crippen molar-refractivity contribution in [1.82, 2.24) is 4.90 Å². The van der Waals surface area contributed by atoms with Gasteiger partial charge in [-0.3, -0.25) is 4.90 Å². The Morgan fingerprint density at radius 2 is 2.00 bits per heavy atom. The molecular weight excluding hydrogens is 164 g/mol. The minimum atomic E-state index is -0.0717. The van der Waals surface area contributed by atoms with E-state index in [1.54, 1.807) is 0 Å². The molecule has 0 atom stereocenters. The molecule has 13 heavy (non-hydrogen) atoms. The van der Waals surface area contributed by atoms with Crippen LogP contribution in [0.2, 0.25) is 0 Å². The summed E-state index contributed by atoms with van der Waals surface area (Å²) in [6.45, 7) is 1.51. The third-order valence-corrected chi connectivity index (χ3v) is 2.73. The molecule has 0 amide bonds.